The van der Waals surface area contributed by atoms with Crippen molar-refractivity contribution in [3.63, 3.8) is 0 Å². The fourth-order valence-corrected chi connectivity index (χ4v) is 1.95. The van der Waals surface area contributed by atoms with Crippen LogP contribution in [0.5, 0.6) is 0 Å². The second kappa shape index (κ2) is 6.20. The molecule has 0 unspecified atom stereocenters. The third kappa shape index (κ3) is 3.71. The zero-order valence-corrected chi connectivity index (χ0v) is 10.6. The number of rotatable bonds is 6. The lowest BCUT2D eigenvalue weighted by atomic mass is 10.4. The smallest absolute Gasteiger partial charge is 0.128 e. The van der Waals surface area contributed by atoms with Crippen LogP contribution in [0.1, 0.15) is 19.0 Å². The highest BCUT2D eigenvalue weighted by atomic mass is 32.1. The summed E-state index contributed by atoms with van der Waals surface area (Å²) in [4.78, 5) is 8.68. The minimum absolute atomic E-state index is 0.716. The number of aromatic nitrogens is 2. The molecule has 0 atom stereocenters. The van der Waals surface area contributed by atoms with E-state index in [2.05, 4.69) is 27.5 Å². The molecule has 0 aliphatic heterocycles. The zero-order valence-electron chi connectivity index (χ0n) is 9.81. The Kier molecular flexibility index (Phi) is 4.32. The standard InChI is InChI=1S/C12H16N4S/c1-2-6-13-11-4-3-5-12(16-11)14-7-10-8-17-9-15-10/h3-5,8-9H,2,6-7H2,1H3,(H2,13,14,16). The number of pyridine rings is 1. The molecular weight excluding hydrogens is 232 g/mol. The molecule has 0 amide bonds. The molecule has 0 saturated heterocycles. The summed E-state index contributed by atoms with van der Waals surface area (Å²) in [7, 11) is 0. The van der Waals surface area contributed by atoms with Gasteiger partial charge in [-0.15, -0.1) is 11.3 Å². The van der Waals surface area contributed by atoms with Crippen molar-refractivity contribution in [1.29, 1.82) is 0 Å². The maximum absolute atomic E-state index is 4.46. The van der Waals surface area contributed by atoms with E-state index >= 15 is 0 Å². The molecule has 0 aliphatic carbocycles. The summed E-state index contributed by atoms with van der Waals surface area (Å²) in [5.41, 5.74) is 2.88. The van der Waals surface area contributed by atoms with Crippen LogP contribution in [0.2, 0.25) is 0 Å². The van der Waals surface area contributed by atoms with Crippen LogP contribution >= 0.6 is 11.3 Å². The molecular formula is C12H16N4S. The van der Waals surface area contributed by atoms with Crippen LogP contribution in [0.15, 0.2) is 29.1 Å². The van der Waals surface area contributed by atoms with Gasteiger partial charge in [-0.3, -0.25) is 0 Å². The van der Waals surface area contributed by atoms with Gasteiger partial charge in [0.2, 0.25) is 0 Å². The second-order valence-electron chi connectivity index (χ2n) is 3.67. The van der Waals surface area contributed by atoms with E-state index < -0.39 is 0 Å². The van der Waals surface area contributed by atoms with Crippen molar-refractivity contribution in [2.24, 2.45) is 0 Å². The summed E-state index contributed by atoms with van der Waals surface area (Å²) in [6.45, 7) is 3.80. The first-order valence-corrected chi connectivity index (χ1v) is 6.64. The second-order valence-corrected chi connectivity index (χ2v) is 4.39. The van der Waals surface area contributed by atoms with E-state index in [1.807, 2.05) is 29.1 Å². The van der Waals surface area contributed by atoms with E-state index in [0.717, 1.165) is 30.3 Å². The Labute approximate surface area is 105 Å². The van der Waals surface area contributed by atoms with Crippen molar-refractivity contribution in [3.8, 4) is 0 Å². The van der Waals surface area contributed by atoms with Crippen LogP contribution in [-0.4, -0.2) is 16.5 Å². The molecule has 0 aromatic carbocycles. The van der Waals surface area contributed by atoms with E-state index in [1.165, 1.54) is 0 Å². The molecule has 2 rings (SSSR count). The van der Waals surface area contributed by atoms with Gasteiger partial charge in [0, 0.05) is 11.9 Å². The molecule has 0 radical (unpaired) electrons. The molecule has 90 valence electrons. The minimum atomic E-state index is 0.716. The van der Waals surface area contributed by atoms with Crippen molar-refractivity contribution in [2.45, 2.75) is 19.9 Å². The fraction of sp³-hybridized carbons (Fsp3) is 0.333. The van der Waals surface area contributed by atoms with Gasteiger partial charge >= 0.3 is 0 Å². The van der Waals surface area contributed by atoms with E-state index in [4.69, 9.17) is 0 Å². The summed E-state index contributed by atoms with van der Waals surface area (Å²) >= 11 is 1.61. The number of nitrogens with zero attached hydrogens (tertiary/aromatic N) is 2. The van der Waals surface area contributed by atoms with Gasteiger partial charge in [0.15, 0.2) is 0 Å². The van der Waals surface area contributed by atoms with Crippen LogP contribution in [0.4, 0.5) is 11.6 Å². The Bertz CT molecular complexity index is 442. The highest BCUT2D eigenvalue weighted by molar-refractivity contribution is 7.07. The molecule has 0 fully saturated rings. The Balaban J connectivity index is 1.91. The predicted octanol–water partition coefficient (Wildman–Crippen LogP) is 2.97. The molecule has 2 aromatic heterocycles. The van der Waals surface area contributed by atoms with Crippen LogP contribution in [-0.2, 0) is 6.54 Å². The SMILES string of the molecule is CCCNc1cccc(NCc2cscn2)n1. The first-order valence-electron chi connectivity index (χ1n) is 5.70. The monoisotopic (exact) mass is 248 g/mol. The lowest BCUT2D eigenvalue weighted by molar-refractivity contribution is 0.967. The van der Waals surface area contributed by atoms with Crippen LogP contribution in [0.3, 0.4) is 0 Å². The topological polar surface area (TPSA) is 49.8 Å². The molecule has 2 heterocycles. The van der Waals surface area contributed by atoms with Crippen molar-refractivity contribution in [1.82, 2.24) is 9.97 Å². The molecule has 0 saturated carbocycles. The van der Waals surface area contributed by atoms with Crippen molar-refractivity contribution in [2.75, 3.05) is 17.2 Å². The largest absolute Gasteiger partial charge is 0.370 e. The Hall–Kier alpha value is -1.62. The van der Waals surface area contributed by atoms with E-state index in [1.54, 1.807) is 11.3 Å². The third-order valence-corrected chi connectivity index (χ3v) is 2.87. The summed E-state index contributed by atoms with van der Waals surface area (Å²) in [6, 6.07) is 5.93. The van der Waals surface area contributed by atoms with Gasteiger partial charge in [0.05, 0.1) is 17.7 Å². The fourth-order valence-electron chi connectivity index (χ4n) is 1.39. The predicted molar refractivity (Wildman–Crippen MR) is 72.5 cm³/mol. The zero-order chi connectivity index (χ0) is 11.9. The summed E-state index contributed by atoms with van der Waals surface area (Å²) in [5, 5.41) is 8.55. The lowest BCUT2D eigenvalue weighted by Crippen LogP contribution is -2.05. The normalized spacial score (nSPS) is 10.2. The molecule has 0 spiro atoms. The first-order chi connectivity index (χ1) is 8.38. The molecule has 17 heavy (non-hydrogen) atoms. The van der Waals surface area contributed by atoms with Gasteiger partial charge in [-0.05, 0) is 18.6 Å². The van der Waals surface area contributed by atoms with Gasteiger partial charge in [-0.25, -0.2) is 9.97 Å². The minimum Gasteiger partial charge on any atom is -0.370 e. The average molecular weight is 248 g/mol. The Morgan fingerprint density at radius 1 is 1.24 bits per heavy atom. The molecule has 2 aromatic rings. The van der Waals surface area contributed by atoms with Crippen LogP contribution < -0.4 is 10.6 Å². The third-order valence-electron chi connectivity index (χ3n) is 2.24. The highest BCUT2D eigenvalue weighted by Crippen LogP contribution is 2.10. The number of hydrogen-bond donors (Lipinski definition) is 2. The van der Waals surface area contributed by atoms with Gasteiger partial charge in [-0.2, -0.15) is 0 Å². The first kappa shape index (κ1) is 11.9. The van der Waals surface area contributed by atoms with Gasteiger partial charge in [0.25, 0.3) is 0 Å². The summed E-state index contributed by atoms with van der Waals surface area (Å²) < 4.78 is 0. The maximum Gasteiger partial charge on any atom is 0.128 e. The summed E-state index contributed by atoms with van der Waals surface area (Å²) in [6.07, 6.45) is 1.10. The van der Waals surface area contributed by atoms with Crippen LogP contribution in [0.25, 0.3) is 0 Å². The number of thiazole rings is 1. The average Bonchev–Trinajstić information content (AvgIpc) is 2.87. The molecule has 5 heteroatoms. The highest BCUT2D eigenvalue weighted by Gasteiger charge is 1.98. The van der Waals surface area contributed by atoms with Gasteiger partial charge in [-0.1, -0.05) is 13.0 Å². The van der Waals surface area contributed by atoms with Gasteiger partial charge < -0.3 is 10.6 Å². The number of nitrogens with one attached hydrogen (secondary N) is 2. The number of hydrogen-bond acceptors (Lipinski definition) is 5. The Morgan fingerprint density at radius 3 is 2.76 bits per heavy atom. The lowest BCUT2D eigenvalue weighted by Gasteiger charge is -2.07. The molecule has 0 bridgehead atoms. The molecule has 2 N–H and O–H groups in total. The van der Waals surface area contributed by atoms with Crippen LogP contribution in [0, 0.1) is 0 Å². The quantitative estimate of drug-likeness (QED) is 0.825. The van der Waals surface area contributed by atoms with Crippen molar-refractivity contribution in [3.05, 3.63) is 34.8 Å². The Morgan fingerprint density at radius 2 is 2.06 bits per heavy atom. The summed E-state index contributed by atoms with van der Waals surface area (Å²) in [5.74, 6) is 1.79. The molecule has 4 nitrogen and oxygen atoms in total. The molecule has 0 aliphatic rings. The van der Waals surface area contributed by atoms with Gasteiger partial charge in [0.1, 0.15) is 11.6 Å². The van der Waals surface area contributed by atoms with E-state index in [9.17, 15) is 0 Å². The van der Waals surface area contributed by atoms with E-state index in [-0.39, 0.29) is 0 Å². The number of anilines is 2. The maximum atomic E-state index is 4.46. The van der Waals surface area contributed by atoms with E-state index in [0.29, 0.717) is 6.54 Å². The van der Waals surface area contributed by atoms with Crippen molar-refractivity contribution < 1.29 is 0 Å². The van der Waals surface area contributed by atoms with Crippen molar-refractivity contribution >= 4 is 23.0 Å².